The van der Waals surface area contributed by atoms with Gasteiger partial charge in [0.2, 0.25) is 0 Å². The summed E-state index contributed by atoms with van der Waals surface area (Å²) in [6.45, 7) is 12.7. The van der Waals surface area contributed by atoms with Crippen LogP contribution in [0.1, 0.15) is 53.0 Å². The molecule has 3 heteroatoms. The van der Waals surface area contributed by atoms with Crippen molar-refractivity contribution in [3.8, 4) is 11.5 Å². The molecule has 0 spiro atoms. The van der Waals surface area contributed by atoms with Gasteiger partial charge in [-0.2, -0.15) is 0 Å². The van der Waals surface area contributed by atoms with E-state index in [1.165, 1.54) is 5.56 Å². The van der Waals surface area contributed by atoms with Gasteiger partial charge in [0.1, 0.15) is 11.5 Å². The molecule has 0 saturated carbocycles. The first-order chi connectivity index (χ1) is 9.84. The summed E-state index contributed by atoms with van der Waals surface area (Å²) in [6.07, 6.45) is 2.20. The third-order valence-corrected chi connectivity index (χ3v) is 3.38. The Hall–Kier alpha value is -1.22. The van der Waals surface area contributed by atoms with Crippen molar-refractivity contribution < 1.29 is 9.47 Å². The molecule has 0 atom stereocenters. The number of rotatable bonds is 8. The highest BCUT2D eigenvalue weighted by atomic mass is 16.5. The standard InChI is InChI=1S/C18H31NO2/c1-14(2)19-11-7-8-12-21-17-10-9-15(20-6)13-16(17)18(3,4)5/h9-10,13-14,19H,7-8,11-12H2,1-6H3. The molecule has 1 aromatic rings. The van der Waals surface area contributed by atoms with E-state index in [1.807, 2.05) is 12.1 Å². The fourth-order valence-corrected chi connectivity index (χ4v) is 2.15. The number of benzene rings is 1. The molecule has 1 aromatic carbocycles. The second-order valence-electron chi connectivity index (χ2n) is 6.78. The monoisotopic (exact) mass is 293 g/mol. The van der Waals surface area contributed by atoms with Gasteiger partial charge in [-0.1, -0.05) is 34.6 Å². The van der Waals surface area contributed by atoms with E-state index >= 15 is 0 Å². The predicted octanol–water partition coefficient (Wildman–Crippen LogP) is 4.15. The maximum atomic E-state index is 5.99. The molecule has 0 aliphatic carbocycles. The zero-order valence-electron chi connectivity index (χ0n) is 14.5. The van der Waals surface area contributed by atoms with Gasteiger partial charge < -0.3 is 14.8 Å². The predicted molar refractivity (Wildman–Crippen MR) is 89.6 cm³/mol. The van der Waals surface area contributed by atoms with Crippen LogP contribution in [0.2, 0.25) is 0 Å². The van der Waals surface area contributed by atoms with Crippen LogP contribution in [0, 0.1) is 0 Å². The first kappa shape index (κ1) is 17.8. The lowest BCUT2D eigenvalue weighted by Crippen LogP contribution is -2.24. The summed E-state index contributed by atoms with van der Waals surface area (Å²) in [7, 11) is 1.70. The molecular formula is C18H31NO2. The lowest BCUT2D eigenvalue weighted by Gasteiger charge is -2.23. The fraction of sp³-hybridized carbons (Fsp3) is 0.667. The zero-order valence-corrected chi connectivity index (χ0v) is 14.5. The second-order valence-corrected chi connectivity index (χ2v) is 6.78. The minimum absolute atomic E-state index is 0.0447. The Morgan fingerprint density at radius 1 is 1.14 bits per heavy atom. The number of methoxy groups -OCH3 is 1. The second kappa shape index (κ2) is 8.28. The van der Waals surface area contributed by atoms with E-state index in [0.29, 0.717) is 6.04 Å². The highest BCUT2D eigenvalue weighted by molar-refractivity contribution is 5.44. The van der Waals surface area contributed by atoms with Crippen molar-refractivity contribution in [1.29, 1.82) is 0 Å². The van der Waals surface area contributed by atoms with Crippen LogP contribution in [0.15, 0.2) is 18.2 Å². The molecule has 120 valence electrons. The Bertz CT molecular complexity index is 422. The van der Waals surface area contributed by atoms with Gasteiger partial charge >= 0.3 is 0 Å². The molecule has 1 rings (SSSR count). The van der Waals surface area contributed by atoms with Crippen LogP contribution in [0.3, 0.4) is 0 Å². The normalized spacial score (nSPS) is 11.8. The average Bonchev–Trinajstić information content (AvgIpc) is 2.41. The number of hydrogen-bond donors (Lipinski definition) is 1. The molecule has 1 N–H and O–H groups in total. The molecule has 0 saturated heterocycles. The van der Waals surface area contributed by atoms with Crippen LogP contribution in [0.25, 0.3) is 0 Å². The first-order valence-corrected chi connectivity index (χ1v) is 7.89. The summed E-state index contributed by atoms with van der Waals surface area (Å²) in [4.78, 5) is 0. The van der Waals surface area contributed by atoms with Crippen molar-refractivity contribution in [3.05, 3.63) is 23.8 Å². The number of unbranched alkanes of at least 4 members (excludes halogenated alkanes) is 1. The minimum Gasteiger partial charge on any atom is -0.497 e. The Balaban J connectivity index is 2.54. The van der Waals surface area contributed by atoms with Crippen LogP contribution < -0.4 is 14.8 Å². The van der Waals surface area contributed by atoms with E-state index in [4.69, 9.17) is 9.47 Å². The van der Waals surface area contributed by atoms with E-state index in [1.54, 1.807) is 7.11 Å². The summed E-state index contributed by atoms with van der Waals surface area (Å²) < 4.78 is 11.3. The molecule has 21 heavy (non-hydrogen) atoms. The van der Waals surface area contributed by atoms with Gasteiger partial charge in [-0.05, 0) is 43.0 Å². The van der Waals surface area contributed by atoms with E-state index < -0.39 is 0 Å². The fourth-order valence-electron chi connectivity index (χ4n) is 2.15. The molecule has 0 fully saturated rings. The van der Waals surface area contributed by atoms with Gasteiger partial charge in [-0.15, -0.1) is 0 Å². The third-order valence-electron chi connectivity index (χ3n) is 3.38. The minimum atomic E-state index is 0.0447. The summed E-state index contributed by atoms with van der Waals surface area (Å²) in [6, 6.07) is 6.62. The molecule has 0 heterocycles. The van der Waals surface area contributed by atoms with Crippen molar-refractivity contribution in [2.45, 2.75) is 58.9 Å². The summed E-state index contributed by atoms with van der Waals surface area (Å²) >= 11 is 0. The highest BCUT2D eigenvalue weighted by Gasteiger charge is 2.19. The largest absolute Gasteiger partial charge is 0.497 e. The molecule has 0 amide bonds. The van der Waals surface area contributed by atoms with Crippen molar-refractivity contribution >= 4 is 0 Å². The molecule has 0 radical (unpaired) electrons. The van der Waals surface area contributed by atoms with Crippen LogP contribution in [0.4, 0.5) is 0 Å². The van der Waals surface area contributed by atoms with Gasteiger partial charge in [0, 0.05) is 11.6 Å². The number of ether oxygens (including phenoxy) is 2. The van der Waals surface area contributed by atoms with E-state index in [0.717, 1.165) is 37.5 Å². The smallest absolute Gasteiger partial charge is 0.123 e. The molecule has 0 aliphatic rings. The molecule has 0 aliphatic heterocycles. The van der Waals surface area contributed by atoms with Gasteiger partial charge in [-0.25, -0.2) is 0 Å². The van der Waals surface area contributed by atoms with Gasteiger partial charge in [0.25, 0.3) is 0 Å². The van der Waals surface area contributed by atoms with Crippen LogP contribution in [-0.2, 0) is 5.41 Å². The molecule has 0 aromatic heterocycles. The summed E-state index contributed by atoms with van der Waals surface area (Å²) in [5, 5.41) is 3.42. The highest BCUT2D eigenvalue weighted by Crippen LogP contribution is 2.34. The van der Waals surface area contributed by atoms with E-state index in [2.05, 4.69) is 46.0 Å². The first-order valence-electron chi connectivity index (χ1n) is 7.89. The quantitative estimate of drug-likeness (QED) is 0.730. The summed E-state index contributed by atoms with van der Waals surface area (Å²) in [5.74, 6) is 1.86. The van der Waals surface area contributed by atoms with Gasteiger partial charge in [0.05, 0.1) is 13.7 Å². The summed E-state index contributed by atoms with van der Waals surface area (Å²) in [5.41, 5.74) is 1.24. The Morgan fingerprint density at radius 3 is 2.43 bits per heavy atom. The lowest BCUT2D eigenvalue weighted by atomic mass is 9.86. The zero-order chi connectivity index (χ0) is 15.9. The molecule has 0 unspecified atom stereocenters. The molecule has 3 nitrogen and oxygen atoms in total. The average molecular weight is 293 g/mol. The van der Waals surface area contributed by atoms with Crippen molar-refractivity contribution in [3.63, 3.8) is 0 Å². The Kier molecular flexibility index (Phi) is 7.03. The topological polar surface area (TPSA) is 30.5 Å². The third kappa shape index (κ3) is 6.38. The van der Waals surface area contributed by atoms with Gasteiger partial charge in [0.15, 0.2) is 0 Å². The van der Waals surface area contributed by atoms with Crippen molar-refractivity contribution in [2.75, 3.05) is 20.3 Å². The van der Waals surface area contributed by atoms with Crippen molar-refractivity contribution in [1.82, 2.24) is 5.32 Å². The van der Waals surface area contributed by atoms with E-state index in [9.17, 15) is 0 Å². The van der Waals surface area contributed by atoms with Crippen LogP contribution >= 0.6 is 0 Å². The van der Waals surface area contributed by atoms with E-state index in [-0.39, 0.29) is 5.41 Å². The number of hydrogen-bond acceptors (Lipinski definition) is 3. The lowest BCUT2D eigenvalue weighted by molar-refractivity contribution is 0.296. The number of nitrogens with one attached hydrogen (secondary N) is 1. The van der Waals surface area contributed by atoms with Crippen molar-refractivity contribution in [2.24, 2.45) is 0 Å². The SMILES string of the molecule is COc1ccc(OCCCCNC(C)C)c(C(C)(C)C)c1. The van der Waals surface area contributed by atoms with Gasteiger partial charge in [-0.3, -0.25) is 0 Å². The maximum absolute atomic E-state index is 5.99. The Morgan fingerprint density at radius 2 is 1.86 bits per heavy atom. The molecule has 0 bridgehead atoms. The Labute approximate surface area is 130 Å². The molecular weight excluding hydrogens is 262 g/mol. The van der Waals surface area contributed by atoms with Crippen LogP contribution in [-0.4, -0.2) is 26.3 Å². The maximum Gasteiger partial charge on any atom is 0.123 e. The van der Waals surface area contributed by atoms with Crippen LogP contribution in [0.5, 0.6) is 11.5 Å².